The summed E-state index contributed by atoms with van der Waals surface area (Å²) < 4.78 is 0. The number of allylic oxidation sites excluding steroid dienone is 5. The molecule has 78 valence electrons. The van der Waals surface area contributed by atoms with E-state index in [0.717, 1.165) is 13.0 Å². The first-order valence-corrected chi connectivity index (χ1v) is 4.91. The van der Waals surface area contributed by atoms with Crippen LogP contribution in [-0.2, 0) is 0 Å². The van der Waals surface area contributed by atoms with Crippen LogP contribution < -0.4 is 5.73 Å². The lowest BCUT2D eigenvalue weighted by Gasteiger charge is -1.94. The van der Waals surface area contributed by atoms with Gasteiger partial charge in [0, 0.05) is 6.42 Å². The molecule has 0 unspecified atom stereocenters. The van der Waals surface area contributed by atoms with Crippen LogP contribution in [-0.4, -0.2) is 17.8 Å². The van der Waals surface area contributed by atoms with Gasteiger partial charge in [-0.3, -0.25) is 0 Å². The molecule has 2 nitrogen and oxygen atoms in total. The van der Waals surface area contributed by atoms with E-state index in [9.17, 15) is 5.11 Å². The molecule has 0 rings (SSSR count). The second kappa shape index (κ2) is 9.96. The lowest BCUT2D eigenvalue weighted by Crippen LogP contribution is -2.49. The molecule has 0 radical (unpaired) electrons. The molecule has 0 bridgehead atoms. The molecule has 0 saturated heterocycles. The van der Waals surface area contributed by atoms with Gasteiger partial charge in [0.15, 0.2) is 0 Å². The summed E-state index contributed by atoms with van der Waals surface area (Å²) in [4.78, 5) is 0. The molecule has 0 aliphatic heterocycles. The smallest absolute Gasteiger partial charge is 0.0905 e. The van der Waals surface area contributed by atoms with Gasteiger partial charge in [-0.1, -0.05) is 48.6 Å². The lowest BCUT2D eigenvalue weighted by molar-refractivity contribution is -0.366. The Bertz CT molecular complexity index is 226. The molecule has 4 N–H and O–H groups in total. The van der Waals surface area contributed by atoms with Crippen molar-refractivity contribution in [2.24, 2.45) is 0 Å². The van der Waals surface area contributed by atoms with Crippen LogP contribution in [0.2, 0.25) is 0 Å². The first-order valence-electron chi connectivity index (χ1n) is 4.91. The Morgan fingerprint density at radius 1 is 1.14 bits per heavy atom. The second-order valence-electron chi connectivity index (χ2n) is 2.86. The van der Waals surface area contributed by atoms with Crippen molar-refractivity contribution in [1.82, 2.24) is 0 Å². The predicted molar refractivity (Wildman–Crippen MR) is 60.6 cm³/mol. The molecule has 0 aliphatic rings. The molecule has 0 amide bonds. The third kappa shape index (κ3) is 8.97. The van der Waals surface area contributed by atoms with Gasteiger partial charge in [0.2, 0.25) is 0 Å². The van der Waals surface area contributed by atoms with Crippen molar-refractivity contribution in [2.45, 2.75) is 19.4 Å². The summed E-state index contributed by atoms with van der Waals surface area (Å²) in [5.41, 5.74) is 3.71. The highest BCUT2D eigenvalue weighted by molar-refractivity contribution is 5.13. The van der Waals surface area contributed by atoms with Gasteiger partial charge < -0.3 is 10.8 Å². The summed E-state index contributed by atoms with van der Waals surface area (Å²) in [5, 5.41) is 9.39. The molecule has 0 aromatic rings. The molecule has 0 fully saturated rings. The normalized spacial score (nSPS) is 15.4. The molecule has 1 atom stereocenters. The van der Waals surface area contributed by atoms with Crippen LogP contribution in [0.3, 0.4) is 0 Å². The monoisotopic (exact) mass is 194 g/mol. The maximum Gasteiger partial charge on any atom is 0.0905 e. The highest BCUT2D eigenvalue weighted by atomic mass is 16.3. The molecule has 0 spiro atoms. The molecule has 2 heteroatoms. The van der Waals surface area contributed by atoms with Crippen molar-refractivity contribution in [3.8, 4) is 0 Å². The lowest BCUT2D eigenvalue weighted by atomic mass is 10.2. The number of aliphatic hydroxyl groups is 1. The van der Waals surface area contributed by atoms with Crippen molar-refractivity contribution < 1.29 is 10.8 Å². The molecule has 14 heavy (non-hydrogen) atoms. The van der Waals surface area contributed by atoms with Crippen LogP contribution in [0.15, 0.2) is 48.6 Å². The van der Waals surface area contributed by atoms with E-state index in [-0.39, 0.29) is 0 Å². The van der Waals surface area contributed by atoms with Gasteiger partial charge in [-0.15, -0.1) is 0 Å². The van der Waals surface area contributed by atoms with Crippen LogP contribution in [0.5, 0.6) is 0 Å². The standard InChI is InChI=1S/C12H19NO/c1-2-3-4-5-6-9-12(14)10-7-8-11-13/h2-7,9-10,12,14H,8,11,13H2,1H3/p+1/b3-2+,5-4+,9-6+,10-7-/t12-/m1/s1. The predicted octanol–water partition coefficient (Wildman–Crippen LogP) is 1.22. The van der Waals surface area contributed by atoms with Crippen LogP contribution >= 0.6 is 0 Å². The third-order valence-corrected chi connectivity index (χ3v) is 1.54. The largest absolute Gasteiger partial charge is 0.385 e. The Morgan fingerprint density at radius 2 is 1.86 bits per heavy atom. The molecule has 0 aliphatic carbocycles. The molecular weight excluding hydrogens is 174 g/mol. The van der Waals surface area contributed by atoms with Crippen molar-refractivity contribution in [2.75, 3.05) is 6.54 Å². The van der Waals surface area contributed by atoms with Crippen LogP contribution in [0.4, 0.5) is 0 Å². The average molecular weight is 194 g/mol. The molecule has 0 saturated carbocycles. The summed E-state index contributed by atoms with van der Waals surface area (Å²) in [6.07, 6.45) is 15.4. The maximum absolute atomic E-state index is 9.39. The van der Waals surface area contributed by atoms with E-state index in [1.165, 1.54) is 0 Å². The highest BCUT2D eigenvalue weighted by Gasteiger charge is 1.88. The second-order valence-corrected chi connectivity index (χ2v) is 2.86. The number of rotatable bonds is 6. The summed E-state index contributed by atoms with van der Waals surface area (Å²) in [7, 11) is 0. The van der Waals surface area contributed by atoms with Gasteiger partial charge in [0.1, 0.15) is 0 Å². The Morgan fingerprint density at radius 3 is 2.50 bits per heavy atom. The third-order valence-electron chi connectivity index (χ3n) is 1.54. The zero-order chi connectivity index (χ0) is 10.6. The summed E-state index contributed by atoms with van der Waals surface area (Å²) >= 11 is 0. The van der Waals surface area contributed by atoms with Crippen LogP contribution in [0, 0.1) is 0 Å². The van der Waals surface area contributed by atoms with Gasteiger partial charge in [0.05, 0.1) is 12.6 Å². The SMILES string of the molecule is C/C=C/C=C/C=C/[C@@H](O)/C=C\CC[NH3+]. The quantitative estimate of drug-likeness (QED) is 0.485. The molecule has 0 aromatic carbocycles. The molecular formula is C12H20NO+. The van der Waals surface area contributed by atoms with Crippen molar-refractivity contribution in [1.29, 1.82) is 0 Å². The van der Waals surface area contributed by atoms with Crippen molar-refractivity contribution >= 4 is 0 Å². The number of hydrogen-bond donors (Lipinski definition) is 2. The Balaban J connectivity index is 3.75. The van der Waals surface area contributed by atoms with Crippen molar-refractivity contribution in [3.63, 3.8) is 0 Å². The fourth-order valence-corrected chi connectivity index (χ4v) is 0.835. The summed E-state index contributed by atoms with van der Waals surface area (Å²) in [6.45, 7) is 2.83. The zero-order valence-corrected chi connectivity index (χ0v) is 8.76. The highest BCUT2D eigenvalue weighted by Crippen LogP contribution is 1.91. The minimum Gasteiger partial charge on any atom is -0.385 e. The fraction of sp³-hybridized carbons (Fsp3) is 0.333. The number of aliphatic hydroxyl groups excluding tert-OH is 1. The van der Waals surface area contributed by atoms with Crippen LogP contribution in [0.25, 0.3) is 0 Å². The minimum atomic E-state index is -0.489. The Hall–Kier alpha value is -1.12. The van der Waals surface area contributed by atoms with E-state index in [1.807, 2.05) is 43.4 Å². The zero-order valence-electron chi connectivity index (χ0n) is 8.76. The van der Waals surface area contributed by atoms with Crippen molar-refractivity contribution in [3.05, 3.63) is 48.6 Å². The van der Waals surface area contributed by atoms with E-state index in [1.54, 1.807) is 12.2 Å². The Labute approximate surface area is 86.1 Å². The maximum atomic E-state index is 9.39. The minimum absolute atomic E-state index is 0.489. The van der Waals surface area contributed by atoms with Gasteiger partial charge in [-0.2, -0.15) is 0 Å². The topological polar surface area (TPSA) is 47.9 Å². The van der Waals surface area contributed by atoms with E-state index in [4.69, 9.17) is 0 Å². The Kier molecular flexibility index (Phi) is 9.17. The number of hydrogen-bond acceptors (Lipinski definition) is 1. The van der Waals surface area contributed by atoms with Crippen LogP contribution in [0.1, 0.15) is 13.3 Å². The first-order chi connectivity index (χ1) is 6.81. The van der Waals surface area contributed by atoms with E-state index in [0.29, 0.717) is 0 Å². The fourth-order valence-electron chi connectivity index (χ4n) is 0.835. The summed E-state index contributed by atoms with van der Waals surface area (Å²) in [6, 6.07) is 0. The van der Waals surface area contributed by atoms with Gasteiger partial charge >= 0.3 is 0 Å². The average Bonchev–Trinajstić information content (AvgIpc) is 2.18. The van der Waals surface area contributed by atoms with Gasteiger partial charge in [-0.05, 0) is 6.92 Å². The van der Waals surface area contributed by atoms with E-state index >= 15 is 0 Å². The first kappa shape index (κ1) is 12.9. The number of quaternary nitrogens is 1. The summed E-state index contributed by atoms with van der Waals surface area (Å²) in [5.74, 6) is 0. The molecule has 0 aromatic heterocycles. The van der Waals surface area contributed by atoms with E-state index in [2.05, 4.69) is 5.73 Å². The molecule has 0 heterocycles. The van der Waals surface area contributed by atoms with Gasteiger partial charge in [-0.25, -0.2) is 0 Å². The van der Waals surface area contributed by atoms with Gasteiger partial charge in [0.25, 0.3) is 0 Å². The van der Waals surface area contributed by atoms with E-state index < -0.39 is 6.10 Å².